The standard InChI is InChI=1S/C13H22O3/c1-5-7-10(3)11(4)16-13(15)9-12(14)8-6-2/h7,11H,5-6,8-9H2,1-4H3. The lowest BCUT2D eigenvalue weighted by Crippen LogP contribution is -2.18. The maximum absolute atomic E-state index is 11.4. The lowest BCUT2D eigenvalue weighted by molar-refractivity contribution is -0.148. The quantitative estimate of drug-likeness (QED) is 0.381. The Bertz CT molecular complexity index is 266. The van der Waals surface area contributed by atoms with Crippen molar-refractivity contribution in [2.45, 2.75) is 59.5 Å². The molecule has 16 heavy (non-hydrogen) atoms. The summed E-state index contributed by atoms with van der Waals surface area (Å²) in [5.41, 5.74) is 1.03. The molecule has 0 saturated heterocycles. The van der Waals surface area contributed by atoms with Gasteiger partial charge >= 0.3 is 5.97 Å². The van der Waals surface area contributed by atoms with E-state index in [2.05, 4.69) is 0 Å². The van der Waals surface area contributed by atoms with Gasteiger partial charge in [0.05, 0.1) is 0 Å². The van der Waals surface area contributed by atoms with E-state index in [9.17, 15) is 9.59 Å². The van der Waals surface area contributed by atoms with Gasteiger partial charge in [-0.2, -0.15) is 0 Å². The Morgan fingerprint density at radius 2 is 1.94 bits per heavy atom. The number of esters is 1. The van der Waals surface area contributed by atoms with Gasteiger partial charge in [0, 0.05) is 6.42 Å². The number of hydrogen-bond donors (Lipinski definition) is 0. The van der Waals surface area contributed by atoms with Crippen molar-refractivity contribution in [2.75, 3.05) is 0 Å². The number of carbonyl (C=O) groups excluding carboxylic acids is 2. The van der Waals surface area contributed by atoms with Crippen LogP contribution in [0.1, 0.15) is 53.4 Å². The van der Waals surface area contributed by atoms with Crippen molar-refractivity contribution in [1.29, 1.82) is 0 Å². The Morgan fingerprint density at radius 3 is 2.44 bits per heavy atom. The summed E-state index contributed by atoms with van der Waals surface area (Å²) in [5, 5.41) is 0. The molecular formula is C13H22O3. The normalized spacial score (nSPS) is 13.4. The highest BCUT2D eigenvalue weighted by Crippen LogP contribution is 2.08. The summed E-state index contributed by atoms with van der Waals surface area (Å²) in [6, 6.07) is 0. The maximum Gasteiger partial charge on any atom is 0.313 e. The van der Waals surface area contributed by atoms with Crippen LogP contribution in [0.3, 0.4) is 0 Å². The second-order valence-corrected chi connectivity index (χ2v) is 3.95. The van der Waals surface area contributed by atoms with E-state index < -0.39 is 5.97 Å². The summed E-state index contributed by atoms with van der Waals surface area (Å²) < 4.78 is 5.15. The summed E-state index contributed by atoms with van der Waals surface area (Å²) in [5.74, 6) is -0.466. The number of hydrogen-bond acceptors (Lipinski definition) is 3. The van der Waals surface area contributed by atoms with Gasteiger partial charge in [-0.05, 0) is 32.3 Å². The summed E-state index contributed by atoms with van der Waals surface area (Å²) in [6.45, 7) is 7.70. The van der Waals surface area contributed by atoms with Crippen molar-refractivity contribution in [3.05, 3.63) is 11.6 Å². The molecule has 1 atom stereocenters. The average Bonchev–Trinajstić information content (AvgIpc) is 2.17. The molecule has 0 aromatic carbocycles. The second-order valence-electron chi connectivity index (χ2n) is 3.95. The monoisotopic (exact) mass is 226 g/mol. The molecule has 1 unspecified atom stereocenters. The fourth-order valence-corrected chi connectivity index (χ4v) is 1.35. The third-order valence-corrected chi connectivity index (χ3v) is 2.35. The molecule has 92 valence electrons. The van der Waals surface area contributed by atoms with E-state index in [1.54, 1.807) is 0 Å². The zero-order valence-electron chi connectivity index (χ0n) is 10.7. The molecule has 0 bridgehead atoms. The van der Waals surface area contributed by atoms with Crippen LogP contribution < -0.4 is 0 Å². The van der Waals surface area contributed by atoms with Crippen LogP contribution in [0.2, 0.25) is 0 Å². The molecule has 0 heterocycles. The van der Waals surface area contributed by atoms with Gasteiger partial charge in [0.25, 0.3) is 0 Å². The van der Waals surface area contributed by atoms with Gasteiger partial charge in [-0.1, -0.05) is 19.9 Å². The second kappa shape index (κ2) is 8.08. The first kappa shape index (κ1) is 14.9. The first-order valence-electron chi connectivity index (χ1n) is 5.89. The number of ether oxygens (including phenoxy) is 1. The molecular weight excluding hydrogens is 204 g/mol. The topological polar surface area (TPSA) is 43.4 Å². The van der Waals surface area contributed by atoms with Crippen molar-refractivity contribution in [3.63, 3.8) is 0 Å². The molecule has 0 N–H and O–H groups in total. The lowest BCUT2D eigenvalue weighted by atomic mass is 10.1. The third-order valence-electron chi connectivity index (χ3n) is 2.35. The van der Waals surface area contributed by atoms with Crippen molar-refractivity contribution in [1.82, 2.24) is 0 Å². The van der Waals surface area contributed by atoms with Crippen LogP contribution in [0.4, 0.5) is 0 Å². The molecule has 0 fully saturated rings. The molecule has 0 spiro atoms. The fourth-order valence-electron chi connectivity index (χ4n) is 1.35. The van der Waals surface area contributed by atoms with Gasteiger partial charge < -0.3 is 4.74 Å². The van der Waals surface area contributed by atoms with Crippen molar-refractivity contribution >= 4 is 11.8 Å². The van der Waals surface area contributed by atoms with Gasteiger partial charge in [0.1, 0.15) is 18.3 Å². The van der Waals surface area contributed by atoms with Crippen molar-refractivity contribution < 1.29 is 14.3 Å². The number of carbonyl (C=O) groups is 2. The van der Waals surface area contributed by atoms with Crippen LogP contribution >= 0.6 is 0 Å². The molecule has 3 nitrogen and oxygen atoms in total. The number of allylic oxidation sites excluding steroid dienone is 1. The summed E-state index contributed by atoms with van der Waals surface area (Å²) in [6.07, 6.45) is 3.83. The fraction of sp³-hybridized carbons (Fsp3) is 0.692. The smallest absolute Gasteiger partial charge is 0.313 e. The molecule has 0 rings (SSSR count). The van der Waals surface area contributed by atoms with E-state index in [1.807, 2.05) is 33.8 Å². The number of rotatable bonds is 7. The zero-order valence-corrected chi connectivity index (χ0v) is 10.7. The minimum absolute atomic E-state index is 0.0446. The Kier molecular flexibility index (Phi) is 7.52. The SMILES string of the molecule is CCC=C(C)C(C)OC(=O)CC(=O)CCC. The van der Waals surface area contributed by atoms with Crippen LogP contribution in [0, 0.1) is 0 Å². The zero-order chi connectivity index (χ0) is 12.6. The Hall–Kier alpha value is -1.12. The van der Waals surface area contributed by atoms with Crippen LogP contribution in [-0.2, 0) is 14.3 Å². The molecule has 0 aromatic heterocycles. The predicted octanol–water partition coefficient (Wildman–Crippen LogP) is 3.03. The van der Waals surface area contributed by atoms with E-state index in [0.29, 0.717) is 6.42 Å². The molecule has 0 aliphatic carbocycles. The van der Waals surface area contributed by atoms with E-state index in [0.717, 1.165) is 18.4 Å². The van der Waals surface area contributed by atoms with Crippen molar-refractivity contribution in [2.24, 2.45) is 0 Å². The molecule has 0 aliphatic rings. The maximum atomic E-state index is 11.4. The van der Waals surface area contributed by atoms with Crippen LogP contribution in [0.15, 0.2) is 11.6 Å². The Morgan fingerprint density at radius 1 is 1.31 bits per heavy atom. The number of Topliss-reactive ketones (excluding diaryl/α,β-unsaturated/α-hetero) is 1. The number of ketones is 1. The molecule has 3 heteroatoms. The van der Waals surface area contributed by atoms with Gasteiger partial charge in [-0.25, -0.2) is 0 Å². The largest absolute Gasteiger partial charge is 0.458 e. The van der Waals surface area contributed by atoms with Crippen LogP contribution in [0.25, 0.3) is 0 Å². The lowest BCUT2D eigenvalue weighted by Gasteiger charge is -2.13. The minimum Gasteiger partial charge on any atom is -0.458 e. The average molecular weight is 226 g/mol. The van der Waals surface area contributed by atoms with Crippen LogP contribution in [-0.4, -0.2) is 17.9 Å². The molecule has 0 aromatic rings. The molecule has 0 aliphatic heterocycles. The van der Waals surface area contributed by atoms with Crippen molar-refractivity contribution in [3.8, 4) is 0 Å². The molecule has 0 amide bonds. The minimum atomic E-state index is -0.421. The summed E-state index contributed by atoms with van der Waals surface area (Å²) in [4.78, 5) is 22.6. The highest BCUT2D eigenvalue weighted by atomic mass is 16.5. The molecule has 0 radical (unpaired) electrons. The van der Waals surface area contributed by atoms with Crippen LogP contribution in [0.5, 0.6) is 0 Å². The predicted molar refractivity (Wildman–Crippen MR) is 64.1 cm³/mol. The van der Waals surface area contributed by atoms with E-state index in [4.69, 9.17) is 4.74 Å². The van der Waals surface area contributed by atoms with E-state index >= 15 is 0 Å². The summed E-state index contributed by atoms with van der Waals surface area (Å²) >= 11 is 0. The van der Waals surface area contributed by atoms with E-state index in [1.165, 1.54) is 0 Å². The third kappa shape index (κ3) is 6.38. The Labute approximate surface area is 97.9 Å². The highest BCUT2D eigenvalue weighted by Gasteiger charge is 2.14. The van der Waals surface area contributed by atoms with Gasteiger partial charge in [0.15, 0.2) is 0 Å². The molecule has 0 saturated carbocycles. The van der Waals surface area contributed by atoms with Gasteiger partial charge in [0.2, 0.25) is 0 Å². The highest BCUT2D eigenvalue weighted by molar-refractivity contribution is 5.95. The van der Waals surface area contributed by atoms with Gasteiger partial charge in [-0.3, -0.25) is 9.59 Å². The van der Waals surface area contributed by atoms with E-state index in [-0.39, 0.29) is 18.3 Å². The first-order chi connectivity index (χ1) is 7.51. The summed E-state index contributed by atoms with van der Waals surface area (Å²) in [7, 11) is 0. The van der Waals surface area contributed by atoms with Gasteiger partial charge in [-0.15, -0.1) is 0 Å². The Balaban J connectivity index is 4.05. The first-order valence-corrected chi connectivity index (χ1v) is 5.89.